The van der Waals surface area contributed by atoms with Gasteiger partial charge in [-0.15, -0.1) is 0 Å². The molecule has 2 aromatic rings. The summed E-state index contributed by atoms with van der Waals surface area (Å²) in [5.41, 5.74) is 5.28. The summed E-state index contributed by atoms with van der Waals surface area (Å²) in [6.45, 7) is 2.12. The van der Waals surface area contributed by atoms with Crippen LogP contribution in [-0.2, 0) is 6.42 Å². The molecular weight excluding hydrogens is 321 g/mol. The van der Waals surface area contributed by atoms with Gasteiger partial charge in [0.2, 0.25) is 0 Å². The summed E-state index contributed by atoms with van der Waals surface area (Å²) in [6, 6.07) is 17.6. The van der Waals surface area contributed by atoms with E-state index in [1.165, 1.54) is 41.5 Å². The topological polar surface area (TPSA) is 23.8 Å². The number of unbranched alkanes of at least 4 members (excludes halogenated alkanes) is 2. The van der Waals surface area contributed by atoms with E-state index in [0.29, 0.717) is 0 Å². The van der Waals surface area contributed by atoms with E-state index in [1.54, 1.807) is 0 Å². The molecule has 0 amide bonds. The Morgan fingerprint density at radius 1 is 0.857 bits per heavy atom. The first-order valence-electron chi connectivity index (χ1n) is 7.46. The summed E-state index contributed by atoms with van der Waals surface area (Å²) in [7, 11) is 0. The van der Waals surface area contributed by atoms with Crippen molar-refractivity contribution in [3.63, 3.8) is 0 Å². The zero-order valence-corrected chi connectivity index (χ0v) is 14.2. The molecule has 0 aliphatic carbocycles. The van der Waals surface area contributed by atoms with Crippen molar-refractivity contribution < 1.29 is 0 Å². The molecule has 0 heterocycles. The summed E-state index contributed by atoms with van der Waals surface area (Å²) in [5, 5.41) is 9.62. The molecule has 2 aromatic carbocycles. The van der Waals surface area contributed by atoms with E-state index in [2.05, 4.69) is 60.4 Å². The van der Waals surface area contributed by atoms with Crippen molar-refractivity contribution in [3.05, 3.63) is 59.7 Å². The number of rotatable bonds is 7. The molecule has 0 radical (unpaired) electrons. The average molecular weight is 342 g/mol. The molecule has 0 N–H and O–H groups in total. The minimum atomic E-state index is 0.204. The molecule has 0 bridgehead atoms. The van der Waals surface area contributed by atoms with E-state index in [1.807, 2.05) is 0 Å². The van der Waals surface area contributed by atoms with Crippen molar-refractivity contribution in [1.29, 1.82) is 5.26 Å². The molecule has 21 heavy (non-hydrogen) atoms. The number of hydrogen-bond donors (Lipinski definition) is 0. The van der Waals surface area contributed by atoms with Gasteiger partial charge < -0.3 is 0 Å². The molecule has 0 atom stereocenters. The molecular formula is C19H21NSe. The fourth-order valence-electron chi connectivity index (χ4n) is 2.34. The van der Waals surface area contributed by atoms with E-state index >= 15 is 0 Å². The first-order chi connectivity index (χ1) is 10.3. The maximum absolute atomic E-state index is 8.51. The Balaban J connectivity index is 1.82. The number of benzene rings is 2. The second kappa shape index (κ2) is 8.67. The SMILES string of the molecule is Cc1ccc(-c2ccc(CCCCC[Se]C#N)cc2)cc1. The van der Waals surface area contributed by atoms with Gasteiger partial charge in [-0.05, 0) is 6.92 Å². The fourth-order valence-corrected chi connectivity index (χ4v) is 3.26. The molecule has 0 spiro atoms. The molecule has 1 nitrogen and oxygen atoms in total. The molecule has 0 saturated heterocycles. The quantitative estimate of drug-likeness (QED) is 0.514. The van der Waals surface area contributed by atoms with Gasteiger partial charge >= 0.3 is 121 Å². The van der Waals surface area contributed by atoms with Crippen molar-refractivity contribution >= 4 is 15.0 Å². The van der Waals surface area contributed by atoms with Crippen LogP contribution >= 0.6 is 0 Å². The van der Waals surface area contributed by atoms with Gasteiger partial charge in [-0.25, -0.2) is 0 Å². The van der Waals surface area contributed by atoms with Crippen molar-refractivity contribution in [2.75, 3.05) is 0 Å². The Kier molecular flexibility index (Phi) is 6.54. The zero-order chi connectivity index (χ0) is 14.9. The minimum absolute atomic E-state index is 0.204. The average Bonchev–Trinajstić information content (AvgIpc) is 2.52. The fraction of sp³-hybridized carbons (Fsp3) is 0.316. The molecule has 0 unspecified atom stereocenters. The predicted octanol–water partition coefficient (Wildman–Crippen LogP) is 4.98. The van der Waals surface area contributed by atoms with Crippen LogP contribution in [0.2, 0.25) is 5.32 Å². The summed E-state index contributed by atoms with van der Waals surface area (Å²) in [6.07, 6.45) is 4.82. The summed E-state index contributed by atoms with van der Waals surface area (Å²) < 4.78 is 0. The van der Waals surface area contributed by atoms with Crippen LogP contribution in [0.15, 0.2) is 48.5 Å². The van der Waals surface area contributed by atoms with Crippen molar-refractivity contribution in [1.82, 2.24) is 0 Å². The van der Waals surface area contributed by atoms with Crippen LogP contribution < -0.4 is 0 Å². The molecule has 108 valence electrons. The van der Waals surface area contributed by atoms with E-state index < -0.39 is 0 Å². The van der Waals surface area contributed by atoms with E-state index in [-0.39, 0.29) is 15.0 Å². The second-order valence-corrected chi connectivity index (χ2v) is 7.16. The molecule has 2 rings (SSSR count). The third-order valence-corrected chi connectivity index (χ3v) is 4.92. The third-order valence-electron chi connectivity index (χ3n) is 3.62. The first-order valence-corrected chi connectivity index (χ1v) is 9.53. The molecule has 0 aliphatic heterocycles. The first kappa shape index (κ1) is 15.8. The van der Waals surface area contributed by atoms with Gasteiger partial charge in [-0.2, -0.15) is 0 Å². The normalized spacial score (nSPS) is 10.3. The zero-order valence-electron chi connectivity index (χ0n) is 12.5. The van der Waals surface area contributed by atoms with Gasteiger partial charge in [0.05, 0.1) is 0 Å². The monoisotopic (exact) mass is 343 g/mol. The summed E-state index contributed by atoms with van der Waals surface area (Å²) in [5.74, 6) is 0. The van der Waals surface area contributed by atoms with Crippen LogP contribution in [-0.4, -0.2) is 15.0 Å². The van der Waals surface area contributed by atoms with Gasteiger partial charge in [0, 0.05) is 0 Å². The second-order valence-electron chi connectivity index (χ2n) is 5.31. The van der Waals surface area contributed by atoms with Gasteiger partial charge in [0.25, 0.3) is 0 Å². The molecule has 0 saturated carbocycles. The Hall–Kier alpha value is -1.55. The van der Waals surface area contributed by atoms with Crippen LogP contribution in [0.3, 0.4) is 0 Å². The standard InChI is InChI=1S/C19H21NSe/c1-16-6-10-18(11-7-16)19-12-8-17(9-13-19)5-3-2-4-14-21-15-20/h6-13H,2-5,14H2,1H3. The Morgan fingerprint density at radius 3 is 2.10 bits per heavy atom. The van der Waals surface area contributed by atoms with Crippen molar-refractivity contribution in [2.24, 2.45) is 0 Å². The Bertz CT molecular complexity index is 578. The Morgan fingerprint density at radius 2 is 1.48 bits per heavy atom. The van der Waals surface area contributed by atoms with Gasteiger partial charge in [-0.3, -0.25) is 0 Å². The van der Waals surface area contributed by atoms with Gasteiger partial charge in [-0.1, -0.05) is 5.56 Å². The van der Waals surface area contributed by atoms with Crippen molar-refractivity contribution in [3.8, 4) is 16.1 Å². The number of nitrogens with zero attached hydrogens (tertiary/aromatic N) is 1. The van der Waals surface area contributed by atoms with Crippen LogP contribution in [0.4, 0.5) is 0 Å². The molecule has 0 fully saturated rings. The van der Waals surface area contributed by atoms with Crippen LogP contribution in [0.25, 0.3) is 11.1 Å². The van der Waals surface area contributed by atoms with Gasteiger partial charge in [0.1, 0.15) is 0 Å². The van der Waals surface area contributed by atoms with E-state index in [4.69, 9.17) is 5.26 Å². The van der Waals surface area contributed by atoms with E-state index in [0.717, 1.165) is 11.7 Å². The van der Waals surface area contributed by atoms with E-state index in [9.17, 15) is 0 Å². The van der Waals surface area contributed by atoms with Crippen LogP contribution in [0, 0.1) is 17.2 Å². The number of hydrogen-bond acceptors (Lipinski definition) is 1. The number of aryl methyl sites for hydroxylation is 2. The van der Waals surface area contributed by atoms with Crippen molar-refractivity contribution in [2.45, 2.75) is 37.9 Å². The van der Waals surface area contributed by atoms with Crippen LogP contribution in [0.1, 0.15) is 30.4 Å². The third kappa shape index (κ3) is 5.38. The molecule has 0 aliphatic rings. The van der Waals surface area contributed by atoms with Crippen LogP contribution in [0.5, 0.6) is 0 Å². The summed E-state index contributed by atoms with van der Waals surface area (Å²) in [4.78, 5) is 2.26. The number of nitriles is 1. The molecule has 2 heteroatoms. The van der Waals surface area contributed by atoms with Gasteiger partial charge in [0.15, 0.2) is 0 Å². The predicted molar refractivity (Wildman–Crippen MR) is 90.3 cm³/mol. The summed E-state index contributed by atoms with van der Waals surface area (Å²) >= 11 is 0.204. The maximum atomic E-state index is 8.51. The molecule has 0 aromatic heterocycles. The Labute approximate surface area is 134 Å².